The van der Waals surface area contributed by atoms with Gasteiger partial charge >= 0.3 is 0 Å². The van der Waals surface area contributed by atoms with Crippen LogP contribution in [0.1, 0.15) is 21.6 Å². The first-order valence-electron chi connectivity index (χ1n) is 6.80. The average Bonchev–Trinajstić information content (AvgIpc) is 2.50. The van der Waals surface area contributed by atoms with Gasteiger partial charge in [0.15, 0.2) is 5.16 Å². The number of aryl methyl sites for hydroxylation is 2. The van der Waals surface area contributed by atoms with E-state index in [0.29, 0.717) is 16.4 Å². The van der Waals surface area contributed by atoms with Crippen LogP contribution in [0.2, 0.25) is 0 Å². The van der Waals surface area contributed by atoms with Gasteiger partial charge in [0.05, 0.1) is 5.75 Å². The summed E-state index contributed by atoms with van der Waals surface area (Å²) in [5.41, 5.74) is 6.45. The first-order valence-corrected chi connectivity index (χ1v) is 7.79. The Morgan fingerprint density at radius 3 is 2.52 bits per heavy atom. The van der Waals surface area contributed by atoms with E-state index >= 15 is 0 Å². The van der Waals surface area contributed by atoms with Crippen LogP contribution in [0.4, 0.5) is 0 Å². The molecule has 120 valence electrons. The summed E-state index contributed by atoms with van der Waals surface area (Å²) in [7, 11) is 0. The lowest BCUT2D eigenvalue weighted by Gasteiger charge is -2.07. The van der Waals surface area contributed by atoms with Crippen molar-refractivity contribution in [3.05, 3.63) is 57.5 Å². The van der Waals surface area contributed by atoms with E-state index in [1.54, 1.807) is 19.1 Å². The van der Waals surface area contributed by atoms with Crippen molar-refractivity contribution in [3.8, 4) is 0 Å². The molecule has 0 atom stereocenters. The fraction of sp³-hybridized carbons (Fsp3) is 0.200. The SMILES string of the molecule is Cc1ccc(C(=O)NNC(=O)CSc2nc(C)cc(=O)[nH]2)cc1. The molecule has 0 spiro atoms. The summed E-state index contributed by atoms with van der Waals surface area (Å²) in [5.74, 6) is -0.786. The third-order valence-corrected chi connectivity index (χ3v) is 3.69. The molecular formula is C15H16N4O3S. The fourth-order valence-electron chi connectivity index (χ4n) is 1.69. The number of rotatable bonds is 4. The standard InChI is InChI=1S/C15H16N4O3S/c1-9-3-5-11(6-4-9)14(22)19-18-13(21)8-23-15-16-10(2)7-12(20)17-15/h3-7H,8H2,1-2H3,(H,18,21)(H,19,22)(H,16,17,20). The van der Waals surface area contributed by atoms with Gasteiger partial charge in [0.1, 0.15) is 0 Å². The number of hydrogen-bond acceptors (Lipinski definition) is 5. The quantitative estimate of drug-likeness (QED) is 0.439. The minimum Gasteiger partial charge on any atom is -0.301 e. The van der Waals surface area contributed by atoms with E-state index in [1.807, 2.05) is 19.1 Å². The molecule has 7 nitrogen and oxygen atoms in total. The Hall–Kier alpha value is -2.61. The molecule has 1 heterocycles. The van der Waals surface area contributed by atoms with Crippen LogP contribution >= 0.6 is 11.8 Å². The molecule has 0 aliphatic heterocycles. The molecule has 0 aliphatic carbocycles. The molecule has 0 bridgehead atoms. The Morgan fingerprint density at radius 2 is 1.87 bits per heavy atom. The molecule has 2 rings (SSSR count). The summed E-state index contributed by atoms with van der Waals surface area (Å²) in [4.78, 5) is 41.5. The summed E-state index contributed by atoms with van der Waals surface area (Å²) < 4.78 is 0. The van der Waals surface area contributed by atoms with Crippen molar-refractivity contribution in [1.29, 1.82) is 0 Å². The molecule has 0 aliphatic rings. The smallest absolute Gasteiger partial charge is 0.269 e. The van der Waals surface area contributed by atoms with Gasteiger partial charge in [-0.15, -0.1) is 0 Å². The zero-order chi connectivity index (χ0) is 16.8. The summed E-state index contributed by atoms with van der Waals surface area (Å²) >= 11 is 1.08. The first kappa shape index (κ1) is 16.8. The Labute approximate surface area is 136 Å². The first-order chi connectivity index (χ1) is 10.9. The maximum Gasteiger partial charge on any atom is 0.269 e. The monoisotopic (exact) mass is 332 g/mol. The van der Waals surface area contributed by atoms with Crippen LogP contribution < -0.4 is 16.4 Å². The normalized spacial score (nSPS) is 10.2. The van der Waals surface area contributed by atoms with Gasteiger partial charge in [-0.2, -0.15) is 0 Å². The van der Waals surface area contributed by atoms with Gasteiger partial charge in [-0.3, -0.25) is 25.2 Å². The number of hydrazine groups is 1. The van der Waals surface area contributed by atoms with E-state index in [2.05, 4.69) is 20.8 Å². The highest BCUT2D eigenvalue weighted by molar-refractivity contribution is 7.99. The molecule has 0 unspecified atom stereocenters. The number of nitrogens with one attached hydrogen (secondary N) is 3. The molecule has 8 heteroatoms. The molecule has 3 N–H and O–H groups in total. The van der Waals surface area contributed by atoms with E-state index in [4.69, 9.17) is 0 Å². The zero-order valence-electron chi connectivity index (χ0n) is 12.7. The number of nitrogens with zero attached hydrogens (tertiary/aromatic N) is 1. The molecule has 23 heavy (non-hydrogen) atoms. The number of benzene rings is 1. The van der Waals surface area contributed by atoms with Crippen molar-refractivity contribution in [1.82, 2.24) is 20.8 Å². The minimum atomic E-state index is -0.403. The van der Waals surface area contributed by atoms with Crippen LogP contribution in [0.5, 0.6) is 0 Å². The number of carbonyl (C=O) groups excluding carboxylic acids is 2. The van der Waals surface area contributed by atoms with Crippen molar-refractivity contribution in [2.24, 2.45) is 0 Å². The molecule has 0 radical (unpaired) electrons. The Balaban J connectivity index is 1.82. The number of hydrogen-bond donors (Lipinski definition) is 3. The molecule has 1 aromatic heterocycles. The van der Waals surface area contributed by atoms with E-state index in [1.165, 1.54) is 6.07 Å². The fourth-order valence-corrected chi connectivity index (χ4v) is 2.41. The second-order valence-corrected chi connectivity index (χ2v) is 5.81. The van der Waals surface area contributed by atoms with Gasteiger partial charge in [0.2, 0.25) is 5.91 Å². The lowest BCUT2D eigenvalue weighted by Crippen LogP contribution is -2.42. The number of aromatic nitrogens is 2. The Morgan fingerprint density at radius 1 is 1.17 bits per heavy atom. The highest BCUT2D eigenvalue weighted by Crippen LogP contribution is 2.10. The van der Waals surface area contributed by atoms with E-state index in [0.717, 1.165) is 17.3 Å². The van der Waals surface area contributed by atoms with Crippen LogP contribution in [0.3, 0.4) is 0 Å². The van der Waals surface area contributed by atoms with Gasteiger partial charge in [-0.05, 0) is 26.0 Å². The largest absolute Gasteiger partial charge is 0.301 e. The highest BCUT2D eigenvalue weighted by Gasteiger charge is 2.08. The molecule has 0 fully saturated rings. The molecule has 0 saturated carbocycles. The summed E-state index contributed by atoms with van der Waals surface area (Å²) in [6, 6.07) is 8.34. The maximum absolute atomic E-state index is 11.8. The summed E-state index contributed by atoms with van der Waals surface area (Å²) in [6.07, 6.45) is 0. The van der Waals surface area contributed by atoms with Crippen molar-refractivity contribution < 1.29 is 9.59 Å². The number of amides is 2. The van der Waals surface area contributed by atoms with E-state index in [-0.39, 0.29) is 11.3 Å². The third kappa shape index (κ3) is 5.26. The van der Waals surface area contributed by atoms with Crippen molar-refractivity contribution >= 4 is 23.6 Å². The summed E-state index contributed by atoms with van der Waals surface area (Å²) in [6.45, 7) is 3.62. The second-order valence-electron chi connectivity index (χ2n) is 4.85. The van der Waals surface area contributed by atoms with Gasteiger partial charge in [-0.1, -0.05) is 29.5 Å². The van der Waals surface area contributed by atoms with Gasteiger partial charge in [-0.25, -0.2) is 4.98 Å². The van der Waals surface area contributed by atoms with Gasteiger partial charge < -0.3 is 4.98 Å². The lowest BCUT2D eigenvalue weighted by atomic mass is 10.1. The van der Waals surface area contributed by atoms with Gasteiger partial charge in [0.25, 0.3) is 11.5 Å². The zero-order valence-corrected chi connectivity index (χ0v) is 13.5. The lowest BCUT2D eigenvalue weighted by molar-refractivity contribution is -0.119. The van der Waals surface area contributed by atoms with E-state index < -0.39 is 11.8 Å². The van der Waals surface area contributed by atoms with Crippen LogP contribution in [-0.4, -0.2) is 27.5 Å². The van der Waals surface area contributed by atoms with Crippen LogP contribution in [0.25, 0.3) is 0 Å². The third-order valence-electron chi connectivity index (χ3n) is 2.82. The second kappa shape index (κ2) is 7.59. The van der Waals surface area contributed by atoms with Crippen molar-refractivity contribution in [2.45, 2.75) is 19.0 Å². The minimum absolute atomic E-state index is 0.0145. The predicted molar refractivity (Wildman–Crippen MR) is 87.1 cm³/mol. The predicted octanol–water partition coefficient (Wildman–Crippen LogP) is 0.940. The number of thioether (sulfide) groups is 1. The van der Waals surface area contributed by atoms with E-state index in [9.17, 15) is 14.4 Å². The average molecular weight is 332 g/mol. The van der Waals surface area contributed by atoms with Crippen molar-refractivity contribution in [3.63, 3.8) is 0 Å². The Bertz CT molecular complexity index is 771. The maximum atomic E-state index is 11.8. The van der Waals surface area contributed by atoms with Gasteiger partial charge in [0, 0.05) is 17.3 Å². The van der Waals surface area contributed by atoms with Crippen LogP contribution in [-0.2, 0) is 4.79 Å². The summed E-state index contributed by atoms with van der Waals surface area (Å²) in [5, 5.41) is 0.356. The molecular weight excluding hydrogens is 316 g/mol. The number of H-pyrrole nitrogens is 1. The molecule has 0 saturated heterocycles. The molecule has 1 aromatic carbocycles. The number of aromatic amines is 1. The topological polar surface area (TPSA) is 104 Å². The highest BCUT2D eigenvalue weighted by atomic mass is 32.2. The van der Waals surface area contributed by atoms with Crippen molar-refractivity contribution in [2.75, 3.05) is 5.75 Å². The molecule has 2 aromatic rings. The Kier molecular flexibility index (Phi) is 5.53. The molecule has 2 amide bonds. The number of carbonyl (C=O) groups is 2. The van der Waals surface area contributed by atoms with Crippen LogP contribution in [0, 0.1) is 13.8 Å². The van der Waals surface area contributed by atoms with Crippen LogP contribution in [0.15, 0.2) is 40.3 Å².